The number of hydrogen-bond acceptors (Lipinski definition) is 4. The van der Waals surface area contributed by atoms with Gasteiger partial charge in [0.05, 0.1) is 4.21 Å². The predicted molar refractivity (Wildman–Crippen MR) is 47.1 cm³/mol. The summed E-state index contributed by atoms with van der Waals surface area (Å²) in [6.07, 6.45) is 1.93. The number of aromatic nitrogens is 1. The largest absolute Gasteiger partial charge is 1.00 e. The molecule has 0 aromatic carbocycles. The van der Waals surface area contributed by atoms with E-state index < -0.39 is 0 Å². The molecule has 0 atom stereocenters. The standard InChI is InChI=1S/C5H4N2S3.Na.H/c1-9-5-3(2-6)4(8)7-10-5;;/h1H3,(H,7,8);;/q;+1;-1. The minimum absolute atomic E-state index is 0. The van der Waals surface area contributed by atoms with Crippen molar-refractivity contribution in [2.75, 3.05) is 6.26 Å². The molecule has 0 saturated heterocycles. The van der Waals surface area contributed by atoms with Gasteiger partial charge in [0, 0.05) is 0 Å². The average Bonchev–Trinajstić information content (AvgIpc) is 2.30. The summed E-state index contributed by atoms with van der Waals surface area (Å²) in [4.78, 5) is 0. The number of nitrogens with one attached hydrogen (secondary N) is 1. The summed E-state index contributed by atoms with van der Waals surface area (Å²) in [6, 6.07) is 2.05. The molecule has 0 radical (unpaired) electrons. The molecule has 0 saturated carbocycles. The van der Waals surface area contributed by atoms with Crippen LogP contribution in [-0.4, -0.2) is 10.6 Å². The summed E-state index contributed by atoms with van der Waals surface area (Å²) in [5.41, 5.74) is 0.604. The number of thioether (sulfide) groups is 1. The molecule has 1 heterocycles. The molecule has 11 heavy (non-hydrogen) atoms. The normalized spacial score (nSPS) is 8.36. The number of rotatable bonds is 1. The van der Waals surface area contributed by atoms with Crippen molar-refractivity contribution in [2.24, 2.45) is 0 Å². The second-order valence-electron chi connectivity index (χ2n) is 1.51. The first-order valence-electron chi connectivity index (χ1n) is 2.45. The van der Waals surface area contributed by atoms with Crippen LogP contribution in [0.5, 0.6) is 0 Å². The molecule has 2 nitrogen and oxygen atoms in total. The van der Waals surface area contributed by atoms with Gasteiger partial charge in [0.15, 0.2) is 0 Å². The van der Waals surface area contributed by atoms with E-state index in [4.69, 9.17) is 17.5 Å². The molecule has 0 aliphatic rings. The predicted octanol–water partition coefficient (Wildman–Crippen LogP) is -0.484. The van der Waals surface area contributed by atoms with E-state index in [-0.39, 0.29) is 31.0 Å². The number of H-pyrrole nitrogens is 1. The molecule has 1 rings (SSSR count). The zero-order chi connectivity index (χ0) is 7.56. The molecule has 6 heteroatoms. The Hall–Kier alpha value is 0.690. The van der Waals surface area contributed by atoms with Crippen molar-refractivity contribution in [3.05, 3.63) is 10.2 Å². The van der Waals surface area contributed by atoms with Crippen LogP contribution in [0.3, 0.4) is 0 Å². The van der Waals surface area contributed by atoms with Crippen LogP contribution in [0.25, 0.3) is 0 Å². The first kappa shape index (κ1) is 11.7. The van der Waals surface area contributed by atoms with Crippen molar-refractivity contribution >= 4 is 35.5 Å². The fraction of sp³-hybridized carbons (Fsp3) is 0.200. The van der Waals surface area contributed by atoms with E-state index in [2.05, 4.69) is 4.37 Å². The monoisotopic (exact) mass is 212 g/mol. The van der Waals surface area contributed by atoms with E-state index in [1.807, 2.05) is 12.3 Å². The van der Waals surface area contributed by atoms with Gasteiger partial charge in [-0.1, -0.05) is 23.8 Å². The molecule has 0 aliphatic carbocycles. The number of nitrogens with zero attached hydrogens (tertiary/aromatic N) is 1. The van der Waals surface area contributed by atoms with Crippen molar-refractivity contribution in [2.45, 2.75) is 4.21 Å². The Balaban J connectivity index is 0. The molecule has 0 bridgehead atoms. The topological polar surface area (TPSA) is 39.6 Å². The van der Waals surface area contributed by atoms with Crippen LogP contribution in [0.4, 0.5) is 0 Å². The summed E-state index contributed by atoms with van der Waals surface area (Å²) in [5.74, 6) is 0. The Bertz CT molecular complexity index is 326. The van der Waals surface area contributed by atoms with Gasteiger partial charge in [-0.3, -0.25) is 4.37 Å². The molecule has 0 aliphatic heterocycles. The minimum Gasteiger partial charge on any atom is -1.00 e. The van der Waals surface area contributed by atoms with Crippen LogP contribution < -0.4 is 29.6 Å². The van der Waals surface area contributed by atoms with Crippen LogP contribution >= 0.6 is 35.5 Å². The fourth-order valence-corrected chi connectivity index (χ4v) is 2.28. The summed E-state index contributed by atoms with van der Waals surface area (Å²) in [5, 5.41) is 8.58. The second-order valence-corrected chi connectivity index (χ2v) is 3.81. The summed E-state index contributed by atoms with van der Waals surface area (Å²) in [6.45, 7) is 0. The third kappa shape index (κ3) is 2.58. The molecular weight excluding hydrogens is 207 g/mol. The quantitative estimate of drug-likeness (QED) is 0.388. The minimum atomic E-state index is 0. The second kappa shape index (κ2) is 5.36. The van der Waals surface area contributed by atoms with Gasteiger partial charge in [-0.2, -0.15) is 5.26 Å². The average molecular weight is 212 g/mol. The van der Waals surface area contributed by atoms with Crippen molar-refractivity contribution in [3.63, 3.8) is 0 Å². The zero-order valence-electron chi connectivity index (χ0n) is 7.17. The van der Waals surface area contributed by atoms with Crippen LogP contribution in [-0.2, 0) is 0 Å². The van der Waals surface area contributed by atoms with Crippen LogP contribution in [0.2, 0.25) is 0 Å². The van der Waals surface area contributed by atoms with Gasteiger partial charge in [-0.05, 0) is 6.26 Å². The Morgan fingerprint density at radius 3 is 2.82 bits per heavy atom. The van der Waals surface area contributed by atoms with Gasteiger partial charge in [-0.25, -0.2) is 0 Å². The van der Waals surface area contributed by atoms with E-state index in [0.29, 0.717) is 10.2 Å². The van der Waals surface area contributed by atoms with Gasteiger partial charge < -0.3 is 1.43 Å². The SMILES string of the molecule is CSc1s[nH]c(=S)c1C#N.[H-].[Na+]. The van der Waals surface area contributed by atoms with Crippen LogP contribution in [0, 0.1) is 16.0 Å². The Morgan fingerprint density at radius 2 is 2.45 bits per heavy atom. The van der Waals surface area contributed by atoms with E-state index in [9.17, 15) is 0 Å². The van der Waals surface area contributed by atoms with Gasteiger partial charge in [0.1, 0.15) is 16.3 Å². The number of hydrogen-bond donors (Lipinski definition) is 1. The smallest absolute Gasteiger partial charge is 1.00 e. The van der Waals surface area contributed by atoms with E-state index >= 15 is 0 Å². The Morgan fingerprint density at radius 1 is 1.82 bits per heavy atom. The van der Waals surface area contributed by atoms with Crippen LogP contribution in [0.1, 0.15) is 6.99 Å². The van der Waals surface area contributed by atoms with Gasteiger partial charge >= 0.3 is 29.6 Å². The van der Waals surface area contributed by atoms with Crippen molar-refractivity contribution < 1.29 is 31.0 Å². The van der Waals surface area contributed by atoms with Gasteiger partial charge in [0.25, 0.3) is 0 Å². The molecule has 1 aromatic rings. The first-order chi connectivity index (χ1) is 4.79. The van der Waals surface area contributed by atoms with Crippen LogP contribution in [0.15, 0.2) is 4.21 Å². The van der Waals surface area contributed by atoms with Crippen molar-refractivity contribution in [1.82, 2.24) is 4.37 Å². The fourth-order valence-electron chi connectivity index (χ4n) is 0.528. The van der Waals surface area contributed by atoms with E-state index in [1.54, 1.807) is 0 Å². The van der Waals surface area contributed by atoms with Crippen molar-refractivity contribution in [1.29, 1.82) is 5.26 Å². The van der Waals surface area contributed by atoms with E-state index in [1.165, 1.54) is 23.3 Å². The van der Waals surface area contributed by atoms with Gasteiger partial charge in [0.2, 0.25) is 0 Å². The molecule has 0 spiro atoms. The molecule has 0 unspecified atom stereocenters. The molecule has 54 valence electrons. The number of nitriles is 1. The molecule has 0 fully saturated rings. The Kier molecular flexibility index (Phi) is 5.69. The molecule has 1 aromatic heterocycles. The first-order valence-corrected chi connectivity index (χ1v) is 4.90. The van der Waals surface area contributed by atoms with Crippen molar-refractivity contribution in [3.8, 4) is 6.07 Å². The maximum Gasteiger partial charge on any atom is 1.00 e. The maximum atomic E-state index is 8.58. The molecule has 1 N–H and O–H groups in total. The summed E-state index contributed by atoms with van der Waals surface area (Å²) < 4.78 is 4.37. The van der Waals surface area contributed by atoms with E-state index in [0.717, 1.165) is 4.21 Å². The zero-order valence-corrected chi connectivity index (χ0v) is 10.6. The Labute approximate surface area is 102 Å². The molecule has 0 amide bonds. The summed E-state index contributed by atoms with van der Waals surface area (Å²) >= 11 is 7.81. The maximum absolute atomic E-state index is 8.58. The third-order valence-electron chi connectivity index (χ3n) is 0.965. The molecular formula is C5H5N2NaS3. The third-order valence-corrected chi connectivity index (χ3v) is 3.42. The van der Waals surface area contributed by atoms with Gasteiger partial charge in [-0.15, -0.1) is 11.8 Å². The number of aromatic amines is 1. The summed E-state index contributed by atoms with van der Waals surface area (Å²) in [7, 11) is 0.